The van der Waals surface area contributed by atoms with E-state index in [2.05, 4.69) is 22.5 Å². The topological polar surface area (TPSA) is 53.9 Å². The summed E-state index contributed by atoms with van der Waals surface area (Å²) in [5.74, 6) is 0.326. The summed E-state index contributed by atoms with van der Waals surface area (Å²) >= 11 is 0. The van der Waals surface area contributed by atoms with Crippen molar-refractivity contribution in [2.24, 2.45) is 5.10 Å². The Bertz CT molecular complexity index is 475. The molecule has 0 bridgehead atoms. The minimum Gasteiger partial charge on any atom is -0.496 e. The van der Waals surface area contributed by atoms with Crippen molar-refractivity contribution in [1.82, 2.24) is 10.3 Å². The lowest BCUT2D eigenvalue weighted by atomic mass is 10.1. The molecule has 1 aromatic carbocycles. The van der Waals surface area contributed by atoms with Crippen LogP contribution >= 0.6 is 0 Å². The first-order valence-electron chi connectivity index (χ1n) is 6.38. The fourth-order valence-electron chi connectivity index (χ4n) is 2.01. The Kier molecular flexibility index (Phi) is 4.52. The van der Waals surface area contributed by atoms with Gasteiger partial charge in [0, 0.05) is 31.6 Å². The highest BCUT2D eigenvalue weighted by atomic mass is 16.5. The lowest BCUT2D eigenvalue weighted by Gasteiger charge is -2.22. The summed E-state index contributed by atoms with van der Waals surface area (Å²) in [6.45, 7) is 1.98. The maximum atomic E-state index is 12.0. The number of nitrogens with one attached hydrogen (secondary N) is 1. The van der Waals surface area contributed by atoms with Crippen LogP contribution in [0.15, 0.2) is 29.4 Å². The number of amides is 1. The lowest BCUT2D eigenvalue weighted by Crippen LogP contribution is -2.32. The van der Waals surface area contributed by atoms with Gasteiger partial charge in [0.05, 0.1) is 12.7 Å². The number of nitrogens with zero attached hydrogens (tertiary/aromatic N) is 2. The van der Waals surface area contributed by atoms with E-state index in [1.165, 1.54) is 0 Å². The third-order valence-electron chi connectivity index (χ3n) is 3.23. The molecule has 0 radical (unpaired) electrons. The molecule has 0 spiro atoms. The average Bonchev–Trinajstić information content (AvgIpc) is 2.46. The van der Waals surface area contributed by atoms with Crippen LogP contribution in [0.3, 0.4) is 0 Å². The molecule has 0 atom stereocenters. The summed E-state index contributed by atoms with van der Waals surface area (Å²) in [7, 11) is 3.64. The normalized spacial score (nSPS) is 16.0. The van der Waals surface area contributed by atoms with E-state index < -0.39 is 0 Å². The first-order chi connectivity index (χ1) is 9.20. The predicted octanol–water partition coefficient (Wildman–Crippen LogP) is 1.51. The zero-order chi connectivity index (χ0) is 13.7. The van der Waals surface area contributed by atoms with Gasteiger partial charge in [-0.25, -0.2) is 5.43 Å². The highest BCUT2D eigenvalue weighted by Gasteiger charge is 2.13. The maximum Gasteiger partial charge on any atom is 0.275 e. The minimum absolute atomic E-state index is 0.233. The molecule has 1 aliphatic heterocycles. The second-order valence-electron chi connectivity index (χ2n) is 4.62. The number of carbonyl (C=O) groups is 1. The monoisotopic (exact) mass is 261 g/mol. The Morgan fingerprint density at radius 2 is 2.00 bits per heavy atom. The number of methoxy groups -OCH3 is 1. The molecule has 0 saturated carbocycles. The zero-order valence-electron chi connectivity index (χ0n) is 11.3. The number of piperidine rings is 1. The van der Waals surface area contributed by atoms with Gasteiger partial charge >= 0.3 is 0 Å². The van der Waals surface area contributed by atoms with Crippen molar-refractivity contribution in [3.8, 4) is 5.75 Å². The summed E-state index contributed by atoms with van der Waals surface area (Å²) in [5.41, 5.74) is 4.15. The smallest absolute Gasteiger partial charge is 0.275 e. The molecular formula is C14H19N3O2. The van der Waals surface area contributed by atoms with Crippen molar-refractivity contribution in [2.45, 2.75) is 12.8 Å². The molecule has 5 heteroatoms. The number of hydrazone groups is 1. The van der Waals surface area contributed by atoms with Crippen LogP contribution in [0, 0.1) is 0 Å². The molecule has 102 valence electrons. The van der Waals surface area contributed by atoms with E-state index in [0.717, 1.165) is 31.6 Å². The Labute approximate surface area is 113 Å². The van der Waals surface area contributed by atoms with E-state index in [-0.39, 0.29) is 5.91 Å². The van der Waals surface area contributed by atoms with Gasteiger partial charge in [0.1, 0.15) is 5.75 Å². The van der Waals surface area contributed by atoms with Crippen molar-refractivity contribution in [3.05, 3.63) is 29.8 Å². The average molecular weight is 261 g/mol. The molecule has 0 unspecified atom stereocenters. The van der Waals surface area contributed by atoms with Gasteiger partial charge in [0.2, 0.25) is 0 Å². The quantitative estimate of drug-likeness (QED) is 0.839. The van der Waals surface area contributed by atoms with Crippen LogP contribution in [0.25, 0.3) is 0 Å². The van der Waals surface area contributed by atoms with Crippen molar-refractivity contribution in [2.75, 3.05) is 27.2 Å². The maximum absolute atomic E-state index is 12.0. The fraction of sp³-hybridized carbons (Fsp3) is 0.429. The second-order valence-corrected chi connectivity index (χ2v) is 4.62. The summed E-state index contributed by atoms with van der Waals surface area (Å²) in [5, 5.41) is 4.20. The summed E-state index contributed by atoms with van der Waals surface area (Å²) in [6.07, 6.45) is 1.81. The minimum atomic E-state index is -0.233. The third kappa shape index (κ3) is 3.54. The van der Waals surface area contributed by atoms with Crippen LogP contribution in [-0.4, -0.2) is 43.8 Å². The zero-order valence-corrected chi connectivity index (χ0v) is 11.3. The first kappa shape index (κ1) is 13.5. The van der Waals surface area contributed by atoms with E-state index in [9.17, 15) is 4.79 Å². The molecule has 2 rings (SSSR count). The standard InChI is InChI=1S/C14H19N3O2/c1-17-9-7-11(8-10-17)15-16-14(18)12-5-3-4-6-13(12)19-2/h3-6H,7-10H2,1-2H3,(H,16,18). The van der Waals surface area contributed by atoms with E-state index in [1.54, 1.807) is 25.3 Å². The fourth-order valence-corrected chi connectivity index (χ4v) is 2.01. The lowest BCUT2D eigenvalue weighted by molar-refractivity contribution is 0.0951. The Balaban J connectivity index is 1.99. The number of carbonyl (C=O) groups excluding carboxylic acids is 1. The van der Waals surface area contributed by atoms with Crippen molar-refractivity contribution in [3.63, 3.8) is 0 Å². The van der Waals surface area contributed by atoms with Crippen molar-refractivity contribution < 1.29 is 9.53 Å². The number of benzene rings is 1. The van der Waals surface area contributed by atoms with Crippen LogP contribution in [-0.2, 0) is 0 Å². The molecule has 1 saturated heterocycles. The van der Waals surface area contributed by atoms with Crippen molar-refractivity contribution in [1.29, 1.82) is 0 Å². The number of likely N-dealkylation sites (tertiary alicyclic amines) is 1. The molecule has 1 amide bonds. The molecule has 1 aromatic rings. The molecule has 1 fully saturated rings. The number of hydrogen-bond donors (Lipinski definition) is 1. The largest absolute Gasteiger partial charge is 0.496 e. The van der Waals surface area contributed by atoms with Gasteiger partial charge in [-0.05, 0) is 19.2 Å². The third-order valence-corrected chi connectivity index (χ3v) is 3.23. The number of ether oxygens (including phenoxy) is 1. The second kappa shape index (κ2) is 6.33. The van der Waals surface area contributed by atoms with Gasteiger partial charge in [-0.1, -0.05) is 12.1 Å². The van der Waals surface area contributed by atoms with Crippen LogP contribution in [0.2, 0.25) is 0 Å². The van der Waals surface area contributed by atoms with Crippen LogP contribution < -0.4 is 10.2 Å². The van der Waals surface area contributed by atoms with Gasteiger partial charge in [0.15, 0.2) is 0 Å². The van der Waals surface area contributed by atoms with Crippen LogP contribution in [0.4, 0.5) is 0 Å². The van der Waals surface area contributed by atoms with E-state index in [1.807, 2.05) is 6.07 Å². The van der Waals surface area contributed by atoms with E-state index >= 15 is 0 Å². The first-order valence-corrected chi connectivity index (χ1v) is 6.38. The highest BCUT2D eigenvalue weighted by molar-refractivity contribution is 5.97. The number of rotatable bonds is 3. The predicted molar refractivity (Wildman–Crippen MR) is 74.6 cm³/mol. The van der Waals surface area contributed by atoms with Crippen LogP contribution in [0.1, 0.15) is 23.2 Å². The molecule has 0 aliphatic carbocycles. The van der Waals surface area contributed by atoms with Gasteiger partial charge in [-0.2, -0.15) is 5.10 Å². The number of para-hydroxylation sites is 1. The Morgan fingerprint density at radius 1 is 1.32 bits per heavy atom. The van der Waals surface area contributed by atoms with Crippen molar-refractivity contribution >= 4 is 11.6 Å². The molecule has 5 nitrogen and oxygen atoms in total. The molecule has 1 aliphatic rings. The van der Waals surface area contributed by atoms with Gasteiger partial charge < -0.3 is 9.64 Å². The number of hydrogen-bond acceptors (Lipinski definition) is 4. The Hall–Kier alpha value is -1.88. The molecule has 0 aromatic heterocycles. The summed E-state index contributed by atoms with van der Waals surface area (Å²) < 4.78 is 5.16. The summed E-state index contributed by atoms with van der Waals surface area (Å²) in [4.78, 5) is 14.3. The molecule has 1 N–H and O–H groups in total. The van der Waals surface area contributed by atoms with E-state index in [0.29, 0.717) is 11.3 Å². The molecule has 1 heterocycles. The highest BCUT2D eigenvalue weighted by Crippen LogP contribution is 2.16. The van der Waals surface area contributed by atoms with Crippen LogP contribution in [0.5, 0.6) is 5.75 Å². The van der Waals surface area contributed by atoms with E-state index in [4.69, 9.17) is 4.74 Å². The Morgan fingerprint density at radius 3 is 2.68 bits per heavy atom. The van der Waals surface area contributed by atoms with Gasteiger partial charge in [0.25, 0.3) is 5.91 Å². The van der Waals surface area contributed by atoms with Gasteiger partial charge in [-0.15, -0.1) is 0 Å². The summed E-state index contributed by atoms with van der Waals surface area (Å²) in [6, 6.07) is 7.12. The molecule has 19 heavy (non-hydrogen) atoms. The molecular weight excluding hydrogens is 242 g/mol. The van der Waals surface area contributed by atoms with Gasteiger partial charge in [-0.3, -0.25) is 4.79 Å². The SMILES string of the molecule is COc1ccccc1C(=O)NN=C1CCN(C)CC1.